The summed E-state index contributed by atoms with van der Waals surface area (Å²) >= 11 is 2.98. The molecule has 1 unspecified atom stereocenters. The first kappa shape index (κ1) is 19.6. The van der Waals surface area contributed by atoms with Gasteiger partial charge in [0.2, 0.25) is 11.0 Å². The van der Waals surface area contributed by atoms with Crippen molar-refractivity contribution < 1.29 is 4.79 Å². The van der Waals surface area contributed by atoms with E-state index in [1.165, 1.54) is 23.1 Å². The lowest BCUT2D eigenvalue weighted by atomic mass is 9.91. The number of amides is 1. The van der Waals surface area contributed by atoms with Crippen LogP contribution in [-0.4, -0.2) is 16.1 Å². The van der Waals surface area contributed by atoms with E-state index in [0.717, 1.165) is 21.9 Å². The normalized spacial score (nSPS) is 12.6. The van der Waals surface area contributed by atoms with Gasteiger partial charge in [-0.25, -0.2) is 0 Å². The number of aromatic nitrogens is 2. The van der Waals surface area contributed by atoms with Gasteiger partial charge in [0, 0.05) is 10.3 Å². The molecule has 1 amide bonds. The molecule has 1 atom stereocenters. The van der Waals surface area contributed by atoms with Crippen molar-refractivity contribution in [3.05, 3.63) is 71.2 Å². The molecule has 0 fully saturated rings. The van der Waals surface area contributed by atoms with E-state index in [1.807, 2.05) is 60.7 Å². The van der Waals surface area contributed by atoms with E-state index in [-0.39, 0.29) is 16.6 Å². The molecule has 1 aromatic heterocycles. The summed E-state index contributed by atoms with van der Waals surface area (Å²) in [7, 11) is 0. The summed E-state index contributed by atoms with van der Waals surface area (Å²) in [5, 5.41) is 12.5. The number of carbonyl (C=O) groups is 1. The van der Waals surface area contributed by atoms with Crippen molar-refractivity contribution in [2.75, 3.05) is 5.32 Å². The fourth-order valence-electron chi connectivity index (χ4n) is 2.41. The lowest BCUT2D eigenvalue weighted by Crippen LogP contribution is -2.19. The topological polar surface area (TPSA) is 54.9 Å². The summed E-state index contributed by atoms with van der Waals surface area (Å²) in [5.74, 6) is -0.0907. The fraction of sp³-hybridized carbons (Fsp3) is 0.286. The first-order valence-electron chi connectivity index (χ1n) is 8.91. The predicted molar refractivity (Wildman–Crippen MR) is 113 cm³/mol. The maximum absolute atomic E-state index is 13.1. The minimum Gasteiger partial charge on any atom is -0.299 e. The maximum Gasteiger partial charge on any atom is 0.244 e. The SMILES string of the molecule is CCC(C)(C)c1nnc(NC(=O)C(Sc2ccccc2)c2ccccc2)s1. The highest BCUT2D eigenvalue weighted by Crippen LogP contribution is 2.37. The number of anilines is 1. The number of hydrogen-bond donors (Lipinski definition) is 1. The molecule has 27 heavy (non-hydrogen) atoms. The number of rotatable bonds is 7. The highest BCUT2D eigenvalue weighted by Gasteiger charge is 2.26. The van der Waals surface area contributed by atoms with Crippen molar-refractivity contribution in [3.8, 4) is 0 Å². The second-order valence-corrected chi connectivity index (χ2v) is 9.02. The standard InChI is InChI=1S/C21H23N3OS2/c1-4-21(2,3)19-23-24-20(27-19)22-18(25)17(15-11-7-5-8-12-15)26-16-13-9-6-10-14-16/h5-14,17H,4H2,1-3H3,(H,22,24,25). The van der Waals surface area contributed by atoms with E-state index in [4.69, 9.17) is 0 Å². The van der Waals surface area contributed by atoms with E-state index < -0.39 is 0 Å². The molecule has 1 N–H and O–H groups in total. The Morgan fingerprint density at radius 2 is 1.70 bits per heavy atom. The van der Waals surface area contributed by atoms with E-state index in [1.54, 1.807) is 0 Å². The molecule has 0 saturated carbocycles. The summed E-state index contributed by atoms with van der Waals surface area (Å²) in [4.78, 5) is 14.1. The molecule has 2 aromatic carbocycles. The highest BCUT2D eigenvalue weighted by atomic mass is 32.2. The van der Waals surface area contributed by atoms with Gasteiger partial charge in [-0.05, 0) is 24.1 Å². The van der Waals surface area contributed by atoms with Crippen LogP contribution in [0.1, 0.15) is 43.0 Å². The zero-order valence-corrected chi connectivity index (χ0v) is 17.3. The summed E-state index contributed by atoms with van der Waals surface area (Å²) in [5.41, 5.74) is 0.917. The molecule has 6 heteroatoms. The maximum atomic E-state index is 13.1. The molecule has 140 valence electrons. The third-order valence-electron chi connectivity index (χ3n) is 4.46. The van der Waals surface area contributed by atoms with Crippen LogP contribution in [-0.2, 0) is 10.2 Å². The largest absolute Gasteiger partial charge is 0.299 e. The van der Waals surface area contributed by atoms with Crippen LogP contribution in [0.25, 0.3) is 0 Å². The van der Waals surface area contributed by atoms with E-state index in [9.17, 15) is 4.79 Å². The molecule has 0 aliphatic rings. The van der Waals surface area contributed by atoms with E-state index in [0.29, 0.717) is 5.13 Å². The zero-order chi connectivity index (χ0) is 19.3. The Hall–Kier alpha value is -2.18. The lowest BCUT2D eigenvalue weighted by molar-refractivity contribution is -0.115. The average Bonchev–Trinajstić information content (AvgIpc) is 3.17. The fourth-order valence-corrected chi connectivity index (χ4v) is 4.37. The van der Waals surface area contributed by atoms with Gasteiger partial charge in [0.25, 0.3) is 0 Å². The van der Waals surface area contributed by atoms with Gasteiger partial charge in [0.05, 0.1) is 0 Å². The van der Waals surface area contributed by atoms with Crippen molar-refractivity contribution in [1.82, 2.24) is 10.2 Å². The Bertz CT molecular complexity index is 879. The van der Waals surface area contributed by atoms with Crippen molar-refractivity contribution in [2.45, 2.75) is 42.8 Å². The van der Waals surface area contributed by atoms with Crippen LogP contribution in [0.2, 0.25) is 0 Å². The Kier molecular flexibility index (Phi) is 6.29. The van der Waals surface area contributed by atoms with Gasteiger partial charge in [-0.15, -0.1) is 22.0 Å². The van der Waals surface area contributed by atoms with Gasteiger partial charge in [-0.3, -0.25) is 10.1 Å². The lowest BCUT2D eigenvalue weighted by Gasteiger charge is -2.18. The van der Waals surface area contributed by atoms with Gasteiger partial charge in [0.15, 0.2) is 0 Å². The molecule has 0 saturated heterocycles. The van der Waals surface area contributed by atoms with Crippen LogP contribution in [0.5, 0.6) is 0 Å². The zero-order valence-electron chi connectivity index (χ0n) is 15.7. The summed E-state index contributed by atoms with van der Waals surface area (Å²) in [6, 6.07) is 19.8. The molecule has 1 heterocycles. The number of benzene rings is 2. The van der Waals surface area contributed by atoms with Gasteiger partial charge in [-0.1, -0.05) is 80.6 Å². The van der Waals surface area contributed by atoms with Gasteiger partial charge in [-0.2, -0.15) is 0 Å². The molecule has 0 aliphatic heterocycles. The van der Waals surface area contributed by atoms with Crippen molar-refractivity contribution in [1.29, 1.82) is 0 Å². The summed E-state index contributed by atoms with van der Waals surface area (Å²) < 4.78 is 0. The van der Waals surface area contributed by atoms with Gasteiger partial charge >= 0.3 is 0 Å². The third-order valence-corrected chi connectivity index (χ3v) is 6.93. The molecule has 3 aromatic rings. The van der Waals surface area contributed by atoms with E-state index in [2.05, 4.69) is 36.3 Å². The number of nitrogens with one attached hydrogen (secondary N) is 1. The highest BCUT2D eigenvalue weighted by molar-refractivity contribution is 8.00. The monoisotopic (exact) mass is 397 g/mol. The molecule has 0 bridgehead atoms. The van der Waals surface area contributed by atoms with Gasteiger partial charge in [0.1, 0.15) is 10.3 Å². The van der Waals surface area contributed by atoms with Crippen LogP contribution in [0.4, 0.5) is 5.13 Å². The predicted octanol–water partition coefficient (Wildman–Crippen LogP) is 5.70. The number of thioether (sulfide) groups is 1. The second kappa shape index (κ2) is 8.67. The Labute approximate surface area is 168 Å². The smallest absolute Gasteiger partial charge is 0.244 e. The van der Waals surface area contributed by atoms with Crippen molar-refractivity contribution >= 4 is 34.1 Å². The van der Waals surface area contributed by atoms with Crippen LogP contribution in [0, 0.1) is 0 Å². The Balaban J connectivity index is 1.81. The minimum atomic E-state index is -0.361. The first-order chi connectivity index (χ1) is 13.0. The van der Waals surface area contributed by atoms with Crippen molar-refractivity contribution in [3.63, 3.8) is 0 Å². The number of carbonyl (C=O) groups excluding carboxylic acids is 1. The molecular formula is C21H23N3OS2. The van der Waals surface area contributed by atoms with Crippen LogP contribution in [0.3, 0.4) is 0 Å². The summed E-state index contributed by atoms with van der Waals surface area (Å²) in [6.07, 6.45) is 0.964. The van der Waals surface area contributed by atoms with Gasteiger partial charge < -0.3 is 0 Å². The average molecular weight is 398 g/mol. The molecule has 0 spiro atoms. The van der Waals surface area contributed by atoms with Crippen LogP contribution >= 0.6 is 23.1 Å². The second-order valence-electron chi connectivity index (χ2n) is 6.86. The molecule has 0 aliphatic carbocycles. The number of nitrogens with zero attached hydrogens (tertiary/aromatic N) is 2. The molecule has 0 radical (unpaired) electrons. The Morgan fingerprint density at radius 1 is 1.07 bits per heavy atom. The molecular weight excluding hydrogens is 374 g/mol. The number of hydrogen-bond acceptors (Lipinski definition) is 5. The Morgan fingerprint density at radius 3 is 2.33 bits per heavy atom. The molecule has 4 nitrogen and oxygen atoms in total. The third kappa shape index (κ3) is 4.96. The molecule has 3 rings (SSSR count). The van der Waals surface area contributed by atoms with Crippen molar-refractivity contribution in [2.24, 2.45) is 0 Å². The van der Waals surface area contributed by atoms with E-state index >= 15 is 0 Å². The first-order valence-corrected chi connectivity index (χ1v) is 10.6. The summed E-state index contributed by atoms with van der Waals surface area (Å²) in [6.45, 7) is 6.40. The van der Waals surface area contributed by atoms with Crippen LogP contribution < -0.4 is 5.32 Å². The van der Waals surface area contributed by atoms with Crippen LogP contribution in [0.15, 0.2) is 65.6 Å². The quantitative estimate of drug-likeness (QED) is 0.520. The minimum absolute atomic E-state index is 0.0434.